The molecular weight excluding hydrogens is 341 g/mol. The van der Waals surface area contributed by atoms with Gasteiger partial charge in [0.15, 0.2) is 0 Å². The third-order valence-electron chi connectivity index (χ3n) is 3.48. The molecule has 1 saturated heterocycles. The van der Waals surface area contributed by atoms with Crippen molar-refractivity contribution >= 4 is 5.97 Å². The molecule has 130 valence electrons. The summed E-state index contributed by atoms with van der Waals surface area (Å²) in [5.74, 6) is -5.57. The lowest BCUT2D eigenvalue weighted by Gasteiger charge is -2.43. The maximum atomic E-state index is 12.8. The minimum atomic E-state index is -6.84. The number of halogens is 9. The largest absolute Gasteiger partial charge is 0.480 e. The van der Waals surface area contributed by atoms with Gasteiger partial charge in [-0.3, -0.25) is 4.79 Å². The normalized spacial score (nSPS) is 28.0. The van der Waals surface area contributed by atoms with Gasteiger partial charge < -0.3 is 15.5 Å². The SMILES string of the molecule is O=C(O)C1NC[C@H](C(C(F)(F)F)(C(F)(F)F)C(F)(F)F)C1O. The van der Waals surface area contributed by atoms with E-state index >= 15 is 0 Å². The first-order chi connectivity index (χ1) is 9.59. The Labute approximate surface area is 115 Å². The average Bonchev–Trinajstić information content (AvgIpc) is 2.55. The summed E-state index contributed by atoms with van der Waals surface area (Å²) in [6.07, 6.45) is -23.6. The maximum absolute atomic E-state index is 12.8. The summed E-state index contributed by atoms with van der Waals surface area (Å²) in [5.41, 5.74) is -6.25. The lowest BCUT2D eigenvalue weighted by molar-refractivity contribution is -0.445. The van der Waals surface area contributed by atoms with Crippen molar-refractivity contribution in [3.63, 3.8) is 0 Å². The van der Waals surface area contributed by atoms with Crippen molar-refractivity contribution in [2.45, 2.75) is 30.7 Å². The van der Waals surface area contributed by atoms with Crippen LogP contribution in [0.2, 0.25) is 0 Å². The first-order valence-electron chi connectivity index (χ1n) is 5.43. The van der Waals surface area contributed by atoms with Gasteiger partial charge in [0.1, 0.15) is 6.04 Å². The van der Waals surface area contributed by atoms with Crippen LogP contribution in [0.1, 0.15) is 0 Å². The molecule has 0 bridgehead atoms. The van der Waals surface area contributed by atoms with Gasteiger partial charge in [0.2, 0.25) is 0 Å². The molecule has 1 fully saturated rings. The number of alkyl halides is 9. The summed E-state index contributed by atoms with van der Waals surface area (Å²) in [4.78, 5) is 10.6. The molecule has 3 atom stereocenters. The second kappa shape index (κ2) is 5.15. The molecule has 0 aromatic rings. The van der Waals surface area contributed by atoms with Gasteiger partial charge in [0, 0.05) is 12.5 Å². The number of aliphatic carboxylic acids is 1. The van der Waals surface area contributed by atoms with Gasteiger partial charge in [-0.15, -0.1) is 0 Å². The van der Waals surface area contributed by atoms with Crippen LogP contribution in [0, 0.1) is 11.3 Å². The van der Waals surface area contributed by atoms with E-state index in [9.17, 15) is 49.4 Å². The molecule has 2 unspecified atom stereocenters. The van der Waals surface area contributed by atoms with Crippen molar-refractivity contribution < 1.29 is 54.5 Å². The monoisotopic (exact) mass is 349 g/mol. The highest BCUT2D eigenvalue weighted by Gasteiger charge is 2.87. The Bertz CT molecular complexity index is 405. The first-order valence-corrected chi connectivity index (χ1v) is 5.43. The molecule has 22 heavy (non-hydrogen) atoms. The Morgan fingerprint density at radius 1 is 0.909 bits per heavy atom. The highest BCUT2D eigenvalue weighted by molar-refractivity contribution is 5.74. The highest BCUT2D eigenvalue weighted by Crippen LogP contribution is 2.64. The van der Waals surface area contributed by atoms with E-state index in [0.717, 1.165) is 0 Å². The van der Waals surface area contributed by atoms with Gasteiger partial charge in [-0.05, 0) is 0 Å². The molecule has 0 radical (unpaired) electrons. The molecule has 1 aliphatic heterocycles. The summed E-state index contributed by atoms with van der Waals surface area (Å²) < 4.78 is 115. The quantitative estimate of drug-likeness (QED) is 0.664. The maximum Gasteiger partial charge on any atom is 0.412 e. The van der Waals surface area contributed by atoms with Crippen LogP contribution in [-0.4, -0.2) is 53.4 Å². The third-order valence-corrected chi connectivity index (χ3v) is 3.48. The van der Waals surface area contributed by atoms with E-state index in [1.165, 1.54) is 5.32 Å². The van der Waals surface area contributed by atoms with E-state index < -0.39 is 54.5 Å². The molecule has 0 spiro atoms. The van der Waals surface area contributed by atoms with Crippen LogP contribution in [0.5, 0.6) is 0 Å². The van der Waals surface area contributed by atoms with Crippen molar-refractivity contribution in [2.24, 2.45) is 11.3 Å². The Hall–Kier alpha value is -1.24. The van der Waals surface area contributed by atoms with Crippen molar-refractivity contribution in [1.82, 2.24) is 5.32 Å². The Morgan fingerprint density at radius 2 is 1.27 bits per heavy atom. The van der Waals surface area contributed by atoms with E-state index in [2.05, 4.69) is 0 Å². The van der Waals surface area contributed by atoms with E-state index in [1.807, 2.05) is 0 Å². The van der Waals surface area contributed by atoms with Gasteiger partial charge in [0.25, 0.3) is 5.41 Å². The molecular formula is C9H8F9NO3. The number of aliphatic hydroxyl groups excluding tert-OH is 1. The fourth-order valence-corrected chi connectivity index (χ4v) is 2.48. The van der Waals surface area contributed by atoms with Gasteiger partial charge >= 0.3 is 24.5 Å². The van der Waals surface area contributed by atoms with Gasteiger partial charge in [-0.2, -0.15) is 39.5 Å². The van der Waals surface area contributed by atoms with Crippen LogP contribution in [0.4, 0.5) is 39.5 Å². The Morgan fingerprint density at radius 3 is 1.50 bits per heavy atom. The fourth-order valence-electron chi connectivity index (χ4n) is 2.48. The predicted molar refractivity (Wildman–Crippen MR) is 49.5 cm³/mol. The van der Waals surface area contributed by atoms with Crippen LogP contribution in [0.25, 0.3) is 0 Å². The van der Waals surface area contributed by atoms with Crippen molar-refractivity contribution in [2.75, 3.05) is 6.54 Å². The zero-order valence-corrected chi connectivity index (χ0v) is 10.1. The zero-order chi connectivity index (χ0) is 17.7. The molecule has 1 rings (SSSR count). The minimum absolute atomic E-state index is 1.53. The summed E-state index contributed by atoms with van der Waals surface area (Å²) in [7, 11) is 0. The zero-order valence-electron chi connectivity index (χ0n) is 10.1. The van der Waals surface area contributed by atoms with E-state index in [-0.39, 0.29) is 0 Å². The molecule has 0 aliphatic carbocycles. The molecule has 0 saturated carbocycles. The molecule has 0 aromatic heterocycles. The summed E-state index contributed by atoms with van der Waals surface area (Å²) in [5, 5.41) is 19.3. The van der Waals surface area contributed by atoms with Crippen LogP contribution in [-0.2, 0) is 4.79 Å². The summed E-state index contributed by atoms with van der Waals surface area (Å²) >= 11 is 0. The number of carboxylic acids is 1. The number of aliphatic hydroxyl groups is 1. The van der Waals surface area contributed by atoms with Crippen LogP contribution >= 0.6 is 0 Å². The third kappa shape index (κ3) is 2.49. The molecule has 1 aliphatic rings. The van der Waals surface area contributed by atoms with Crippen molar-refractivity contribution in [3.05, 3.63) is 0 Å². The number of carboxylic acid groups (broad SMARTS) is 1. The molecule has 1 heterocycles. The lowest BCUT2D eigenvalue weighted by atomic mass is 9.70. The average molecular weight is 349 g/mol. The number of rotatable bonds is 2. The van der Waals surface area contributed by atoms with E-state index in [1.54, 1.807) is 0 Å². The first kappa shape index (κ1) is 18.8. The van der Waals surface area contributed by atoms with Crippen LogP contribution in [0.3, 0.4) is 0 Å². The van der Waals surface area contributed by atoms with Crippen LogP contribution in [0.15, 0.2) is 0 Å². The van der Waals surface area contributed by atoms with Gasteiger partial charge in [0.05, 0.1) is 6.10 Å². The Kier molecular flexibility index (Phi) is 4.40. The summed E-state index contributed by atoms with van der Waals surface area (Å²) in [6.45, 7) is -1.63. The van der Waals surface area contributed by atoms with Crippen LogP contribution < -0.4 is 5.32 Å². The Balaban J connectivity index is 3.57. The standard InChI is InChI=1S/C9H8F9NO3/c10-7(11,12)6(8(13,14)15,9(16,17)18)2-1-19-3(4(2)20)5(21)22/h2-4,19-20H,1H2,(H,21,22)/t2-,3?,4?/m0/s1. The fraction of sp³-hybridized carbons (Fsp3) is 0.889. The van der Waals surface area contributed by atoms with E-state index in [0.29, 0.717) is 0 Å². The summed E-state index contributed by atoms with van der Waals surface area (Å²) in [6, 6.07) is -2.38. The number of hydrogen-bond acceptors (Lipinski definition) is 3. The van der Waals surface area contributed by atoms with Crippen molar-refractivity contribution in [3.8, 4) is 0 Å². The molecule has 13 heteroatoms. The van der Waals surface area contributed by atoms with Crippen molar-refractivity contribution in [1.29, 1.82) is 0 Å². The number of hydrogen-bond donors (Lipinski definition) is 3. The lowest BCUT2D eigenvalue weighted by Crippen LogP contribution is -2.66. The number of carbonyl (C=O) groups is 1. The second-order valence-corrected chi connectivity index (χ2v) is 4.62. The van der Waals surface area contributed by atoms with Gasteiger partial charge in [-0.1, -0.05) is 0 Å². The van der Waals surface area contributed by atoms with Gasteiger partial charge in [-0.25, -0.2) is 0 Å². The predicted octanol–water partition coefficient (Wildman–Crippen LogP) is 1.69. The smallest absolute Gasteiger partial charge is 0.412 e. The molecule has 0 aromatic carbocycles. The topological polar surface area (TPSA) is 69.6 Å². The second-order valence-electron chi connectivity index (χ2n) is 4.62. The van der Waals surface area contributed by atoms with E-state index in [4.69, 9.17) is 5.11 Å². The number of nitrogens with one attached hydrogen (secondary N) is 1. The molecule has 4 nitrogen and oxygen atoms in total. The molecule has 0 amide bonds. The minimum Gasteiger partial charge on any atom is -0.480 e. The molecule has 3 N–H and O–H groups in total. The highest BCUT2D eigenvalue weighted by atomic mass is 19.4.